The zero-order valence-corrected chi connectivity index (χ0v) is 34.6. The fourth-order valence-corrected chi connectivity index (χ4v) is 7.76. The maximum absolute atomic E-state index is 12.1. The highest BCUT2D eigenvalue weighted by molar-refractivity contribution is 5.86. The van der Waals surface area contributed by atoms with Crippen LogP contribution in [0.5, 0.6) is 5.75 Å². The van der Waals surface area contributed by atoms with E-state index in [1.165, 1.54) is 67.2 Å². The van der Waals surface area contributed by atoms with Crippen LogP contribution in [-0.2, 0) is 33.5 Å². The molecule has 0 amide bonds. The Morgan fingerprint density at radius 3 is 2.00 bits per heavy atom. The highest BCUT2D eigenvalue weighted by atomic mass is 16.6. The summed E-state index contributed by atoms with van der Waals surface area (Å²) in [4.78, 5) is 12.1. The minimum absolute atomic E-state index is 0.116. The first-order valence-electron chi connectivity index (χ1n) is 21.1. The molecular weight excluding hydrogens is 701 g/mol. The van der Waals surface area contributed by atoms with Crippen molar-refractivity contribution < 1.29 is 34.3 Å². The number of rotatable bonds is 24. The molecule has 1 aliphatic carbocycles. The summed E-state index contributed by atoms with van der Waals surface area (Å²) in [6, 6.07) is 20.4. The van der Waals surface area contributed by atoms with Crippen molar-refractivity contribution in [1.29, 1.82) is 0 Å². The number of carbonyl (C=O) groups is 1. The smallest absolute Gasteiger partial charge is 0.333 e. The van der Waals surface area contributed by atoms with Gasteiger partial charge in [-0.2, -0.15) is 0 Å². The number of carbonyl (C=O) groups excluding carboxylic acids is 1. The van der Waals surface area contributed by atoms with E-state index in [4.69, 9.17) is 14.2 Å². The van der Waals surface area contributed by atoms with Gasteiger partial charge in [0, 0.05) is 24.7 Å². The second-order valence-corrected chi connectivity index (χ2v) is 15.9. The SMILES string of the molecule is C=C(C)C(=O)OCCCc1cc(-c2ccc(-c3ccc(C4CCC(CCCC)CC4)cc3)cc2CC)cc(CCCOC(O)C(=C)C)c1OCCC(CO)CO. The molecule has 0 aliphatic heterocycles. The Labute approximate surface area is 336 Å². The number of aryl methyl sites for hydroxylation is 3. The van der Waals surface area contributed by atoms with Gasteiger partial charge in [0.25, 0.3) is 0 Å². The molecular formula is C49H68O7. The van der Waals surface area contributed by atoms with Crippen molar-refractivity contribution in [2.75, 3.05) is 33.0 Å². The number of esters is 1. The van der Waals surface area contributed by atoms with E-state index < -0.39 is 12.3 Å². The number of ether oxygens (including phenoxy) is 3. The summed E-state index contributed by atoms with van der Waals surface area (Å²) in [6.45, 7) is 16.0. The van der Waals surface area contributed by atoms with Crippen LogP contribution >= 0.6 is 0 Å². The van der Waals surface area contributed by atoms with E-state index in [0.717, 1.165) is 40.3 Å². The maximum atomic E-state index is 12.1. The zero-order valence-electron chi connectivity index (χ0n) is 34.6. The Kier molecular flexibility index (Phi) is 18.8. The lowest BCUT2D eigenvalue weighted by atomic mass is 9.77. The normalized spacial score (nSPS) is 16.1. The van der Waals surface area contributed by atoms with Crippen LogP contribution in [0.1, 0.15) is 120 Å². The summed E-state index contributed by atoms with van der Waals surface area (Å²) in [5.41, 5.74) is 10.3. The number of unbranched alkanes of at least 4 members (excludes halogenated alkanes) is 1. The standard InChI is InChI=1S/C49H68O7/c1-7-9-12-36-15-17-39(18-16-36)40-19-21-41(22-20-40)42-23-24-46(38(8-2)29-42)45-30-43(13-10-26-55-48(52)34(3)4)47(54-28-25-37(32-50)33-51)44(31-45)14-11-27-56-49(53)35(5)6/h19-24,29-31,36-37,39,48,50-52H,3,5,7-18,25-28,32-33H2,1-2,4,6H3. The number of aliphatic hydroxyl groups is 3. The second-order valence-electron chi connectivity index (χ2n) is 15.9. The lowest BCUT2D eigenvalue weighted by Gasteiger charge is -2.29. The monoisotopic (exact) mass is 768 g/mol. The van der Waals surface area contributed by atoms with Crippen molar-refractivity contribution >= 4 is 5.97 Å². The summed E-state index contributed by atoms with van der Waals surface area (Å²) in [5, 5.41) is 29.5. The number of benzene rings is 3. The molecule has 1 fully saturated rings. The molecule has 7 heteroatoms. The average molecular weight is 769 g/mol. The molecule has 56 heavy (non-hydrogen) atoms. The maximum Gasteiger partial charge on any atom is 0.333 e. The Morgan fingerprint density at radius 1 is 0.786 bits per heavy atom. The van der Waals surface area contributed by atoms with Crippen LogP contribution in [-0.4, -0.2) is 60.6 Å². The van der Waals surface area contributed by atoms with Gasteiger partial charge in [-0.15, -0.1) is 0 Å². The summed E-state index contributed by atoms with van der Waals surface area (Å²) < 4.78 is 17.6. The Bertz CT molecular complexity index is 1680. The third kappa shape index (κ3) is 13.4. The van der Waals surface area contributed by atoms with E-state index in [1.54, 1.807) is 13.8 Å². The molecule has 1 unspecified atom stereocenters. The molecule has 0 radical (unpaired) electrons. The van der Waals surface area contributed by atoms with Gasteiger partial charge in [-0.3, -0.25) is 0 Å². The largest absolute Gasteiger partial charge is 0.493 e. The first-order chi connectivity index (χ1) is 27.1. The number of hydrogen-bond acceptors (Lipinski definition) is 7. The first-order valence-corrected chi connectivity index (χ1v) is 21.1. The lowest BCUT2D eigenvalue weighted by Crippen LogP contribution is -2.16. The average Bonchev–Trinajstić information content (AvgIpc) is 3.22. The van der Waals surface area contributed by atoms with Gasteiger partial charge in [0.15, 0.2) is 6.29 Å². The third-order valence-corrected chi connectivity index (χ3v) is 11.3. The van der Waals surface area contributed by atoms with Crippen LogP contribution < -0.4 is 4.74 Å². The Balaban J connectivity index is 1.63. The fourth-order valence-electron chi connectivity index (χ4n) is 7.76. The van der Waals surface area contributed by atoms with Gasteiger partial charge in [0.2, 0.25) is 0 Å². The third-order valence-electron chi connectivity index (χ3n) is 11.3. The summed E-state index contributed by atoms with van der Waals surface area (Å²) in [7, 11) is 0. The topological polar surface area (TPSA) is 105 Å². The molecule has 0 bridgehead atoms. The van der Waals surface area contributed by atoms with Crippen LogP contribution in [0.3, 0.4) is 0 Å². The summed E-state index contributed by atoms with van der Waals surface area (Å²) in [5.74, 6) is 1.66. The molecule has 0 saturated heterocycles. The van der Waals surface area contributed by atoms with Crippen molar-refractivity contribution in [3.05, 3.63) is 101 Å². The Morgan fingerprint density at radius 2 is 1.41 bits per heavy atom. The van der Waals surface area contributed by atoms with Gasteiger partial charge in [-0.25, -0.2) is 4.79 Å². The van der Waals surface area contributed by atoms with Crippen LogP contribution in [0.2, 0.25) is 0 Å². The molecule has 0 heterocycles. The van der Waals surface area contributed by atoms with Crippen LogP contribution in [0.25, 0.3) is 22.3 Å². The molecule has 1 saturated carbocycles. The molecule has 4 rings (SSSR count). The fraction of sp³-hybridized carbons (Fsp3) is 0.531. The van der Waals surface area contributed by atoms with Crippen LogP contribution in [0.15, 0.2) is 78.9 Å². The second kappa shape index (κ2) is 23.5. The minimum atomic E-state index is -1.01. The van der Waals surface area contributed by atoms with Crippen LogP contribution in [0, 0.1) is 11.8 Å². The predicted molar refractivity (Wildman–Crippen MR) is 228 cm³/mol. The van der Waals surface area contributed by atoms with Gasteiger partial charge in [-0.1, -0.05) is 88.7 Å². The molecule has 3 aromatic rings. The van der Waals surface area contributed by atoms with Crippen LogP contribution in [0.4, 0.5) is 0 Å². The van der Waals surface area contributed by atoms with E-state index in [-0.39, 0.29) is 25.7 Å². The van der Waals surface area contributed by atoms with E-state index in [9.17, 15) is 20.1 Å². The predicted octanol–water partition coefficient (Wildman–Crippen LogP) is 10.3. The van der Waals surface area contributed by atoms with Crippen molar-refractivity contribution in [2.45, 2.75) is 123 Å². The van der Waals surface area contributed by atoms with E-state index in [2.05, 4.69) is 81.6 Å². The van der Waals surface area contributed by atoms with Crippen molar-refractivity contribution in [2.24, 2.45) is 11.8 Å². The molecule has 3 aromatic carbocycles. The molecule has 1 atom stereocenters. The molecule has 1 aliphatic rings. The summed E-state index contributed by atoms with van der Waals surface area (Å²) in [6.07, 6.45) is 12.2. The van der Waals surface area contributed by atoms with Gasteiger partial charge in [-0.05, 0) is 152 Å². The van der Waals surface area contributed by atoms with Gasteiger partial charge < -0.3 is 29.5 Å². The molecule has 0 spiro atoms. The van der Waals surface area contributed by atoms with E-state index in [0.29, 0.717) is 62.4 Å². The number of aliphatic hydroxyl groups excluding tert-OH is 3. The van der Waals surface area contributed by atoms with Crippen molar-refractivity contribution in [3.8, 4) is 28.0 Å². The van der Waals surface area contributed by atoms with E-state index in [1.807, 2.05) is 0 Å². The van der Waals surface area contributed by atoms with Gasteiger partial charge >= 0.3 is 5.97 Å². The number of hydrogen-bond donors (Lipinski definition) is 3. The Hall–Kier alpha value is -3.75. The molecule has 3 N–H and O–H groups in total. The first kappa shape index (κ1) is 45.0. The van der Waals surface area contributed by atoms with Crippen molar-refractivity contribution in [1.82, 2.24) is 0 Å². The highest BCUT2D eigenvalue weighted by Gasteiger charge is 2.22. The molecule has 7 nitrogen and oxygen atoms in total. The van der Waals surface area contributed by atoms with Gasteiger partial charge in [0.1, 0.15) is 5.75 Å². The molecule has 306 valence electrons. The zero-order chi connectivity index (χ0) is 40.5. The summed E-state index contributed by atoms with van der Waals surface area (Å²) >= 11 is 0. The van der Waals surface area contributed by atoms with Gasteiger partial charge in [0.05, 0.1) is 19.8 Å². The van der Waals surface area contributed by atoms with Crippen molar-refractivity contribution in [3.63, 3.8) is 0 Å². The van der Waals surface area contributed by atoms with E-state index >= 15 is 0 Å². The highest BCUT2D eigenvalue weighted by Crippen LogP contribution is 2.39. The molecule has 0 aromatic heterocycles. The quantitative estimate of drug-likeness (QED) is 0.0274. The minimum Gasteiger partial charge on any atom is -0.493 e. The lowest BCUT2D eigenvalue weighted by molar-refractivity contribution is -0.139.